The maximum atomic E-state index is 12.2. The number of rotatable bonds is 5. The highest BCUT2D eigenvalue weighted by molar-refractivity contribution is 6.42. The number of nitrogens with zero attached hydrogens (tertiary/aromatic N) is 1. The van der Waals surface area contributed by atoms with Gasteiger partial charge in [0.15, 0.2) is 6.10 Å². The Morgan fingerprint density at radius 3 is 2.58 bits per heavy atom. The lowest BCUT2D eigenvalue weighted by Gasteiger charge is -2.16. The van der Waals surface area contributed by atoms with Gasteiger partial charge in [-0.15, -0.1) is 0 Å². The van der Waals surface area contributed by atoms with Gasteiger partial charge in [-0.2, -0.15) is 0 Å². The Morgan fingerprint density at radius 2 is 1.96 bits per heavy atom. The number of benzene rings is 2. The molecule has 0 bridgehead atoms. The molecule has 0 aromatic heterocycles. The number of anilines is 1. The van der Waals surface area contributed by atoms with Gasteiger partial charge in [0.05, 0.1) is 26.2 Å². The van der Waals surface area contributed by atoms with Crippen molar-refractivity contribution in [3.05, 3.63) is 62.1 Å². The van der Waals surface area contributed by atoms with E-state index < -0.39 is 16.9 Å². The summed E-state index contributed by atoms with van der Waals surface area (Å²) in [6.07, 6.45) is -0.832. The molecular weight excluding hydrogens is 355 g/mol. The van der Waals surface area contributed by atoms with Crippen LogP contribution in [0.4, 0.5) is 11.4 Å². The Hall–Kier alpha value is -2.31. The fraction of sp³-hybridized carbons (Fsp3) is 0.188. The van der Waals surface area contributed by atoms with Crippen molar-refractivity contribution in [2.45, 2.75) is 20.0 Å². The lowest BCUT2D eigenvalue weighted by molar-refractivity contribution is -0.385. The lowest BCUT2D eigenvalue weighted by atomic mass is 10.1. The van der Waals surface area contributed by atoms with Crippen LogP contribution < -0.4 is 10.1 Å². The molecule has 0 radical (unpaired) electrons. The number of amides is 1. The zero-order valence-electron chi connectivity index (χ0n) is 12.9. The van der Waals surface area contributed by atoms with Gasteiger partial charge < -0.3 is 10.1 Å². The molecule has 0 spiro atoms. The number of nitro groups is 1. The van der Waals surface area contributed by atoms with E-state index in [1.807, 2.05) is 0 Å². The quantitative estimate of drug-likeness (QED) is 0.616. The van der Waals surface area contributed by atoms with E-state index in [1.54, 1.807) is 32.0 Å². The number of halogens is 2. The van der Waals surface area contributed by atoms with Gasteiger partial charge in [-0.3, -0.25) is 14.9 Å². The summed E-state index contributed by atoms with van der Waals surface area (Å²) in [4.78, 5) is 22.7. The summed E-state index contributed by atoms with van der Waals surface area (Å²) in [5.41, 5.74) is 0.669. The predicted molar refractivity (Wildman–Crippen MR) is 93.0 cm³/mol. The maximum absolute atomic E-state index is 12.2. The average Bonchev–Trinajstić information content (AvgIpc) is 2.52. The Balaban J connectivity index is 2.10. The molecule has 0 fully saturated rings. The molecule has 8 heteroatoms. The van der Waals surface area contributed by atoms with Crippen LogP contribution in [0.15, 0.2) is 36.4 Å². The average molecular weight is 369 g/mol. The largest absolute Gasteiger partial charge is 0.481 e. The minimum Gasteiger partial charge on any atom is -0.481 e. The van der Waals surface area contributed by atoms with Crippen LogP contribution in [0.5, 0.6) is 5.75 Å². The Labute approximate surface area is 148 Å². The normalized spacial score (nSPS) is 11.7. The van der Waals surface area contributed by atoms with Crippen LogP contribution in [0, 0.1) is 17.0 Å². The van der Waals surface area contributed by atoms with Gasteiger partial charge in [0, 0.05) is 12.1 Å². The van der Waals surface area contributed by atoms with E-state index >= 15 is 0 Å². The van der Waals surface area contributed by atoms with E-state index in [2.05, 4.69) is 5.32 Å². The van der Waals surface area contributed by atoms with Gasteiger partial charge in [-0.25, -0.2) is 0 Å². The summed E-state index contributed by atoms with van der Waals surface area (Å²) in [5.74, 6) is -0.0486. The summed E-state index contributed by atoms with van der Waals surface area (Å²) in [6.45, 7) is 3.13. The molecule has 1 N–H and O–H groups in total. The number of hydrogen-bond acceptors (Lipinski definition) is 4. The molecule has 126 valence electrons. The van der Waals surface area contributed by atoms with Crippen molar-refractivity contribution in [1.82, 2.24) is 0 Å². The van der Waals surface area contributed by atoms with Crippen LogP contribution in [0.25, 0.3) is 0 Å². The van der Waals surface area contributed by atoms with Gasteiger partial charge in [-0.1, -0.05) is 29.3 Å². The molecular formula is C16H14Cl2N2O4. The smallest absolute Gasteiger partial charge is 0.274 e. The third kappa shape index (κ3) is 4.15. The minimum atomic E-state index is -0.832. The van der Waals surface area contributed by atoms with Gasteiger partial charge >= 0.3 is 0 Å². The van der Waals surface area contributed by atoms with Crippen molar-refractivity contribution in [3.63, 3.8) is 0 Å². The molecule has 0 aliphatic heterocycles. The van der Waals surface area contributed by atoms with Crippen LogP contribution in [0.3, 0.4) is 0 Å². The summed E-state index contributed by atoms with van der Waals surface area (Å²) in [6, 6.07) is 9.13. The molecule has 6 nitrogen and oxygen atoms in total. The highest BCUT2D eigenvalue weighted by atomic mass is 35.5. The monoisotopic (exact) mass is 368 g/mol. The second kappa shape index (κ2) is 7.51. The fourth-order valence-corrected chi connectivity index (χ4v) is 2.29. The zero-order valence-corrected chi connectivity index (χ0v) is 14.4. The molecule has 0 aliphatic rings. The van der Waals surface area contributed by atoms with Gasteiger partial charge in [0.25, 0.3) is 11.6 Å². The zero-order chi connectivity index (χ0) is 17.9. The summed E-state index contributed by atoms with van der Waals surface area (Å²) < 4.78 is 5.51. The standard InChI is InChI=1S/C16H14Cl2N2O4/c1-9-14(4-3-5-15(9)20(22)23)19-16(21)10(2)24-11-6-7-12(17)13(18)8-11/h3-8,10H,1-2H3,(H,19,21). The van der Waals surface area contributed by atoms with Crippen molar-refractivity contribution in [2.75, 3.05) is 5.32 Å². The van der Waals surface area contributed by atoms with E-state index in [9.17, 15) is 14.9 Å². The third-order valence-electron chi connectivity index (χ3n) is 3.33. The molecule has 1 unspecified atom stereocenters. The molecule has 1 amide bonds. The first-order valence-corrected chi connectivity index (χ1v) is 7.71. The third-order valence-corrected chi connectivity index (χ3v) is 4.07. The molecule has 2 rings (SSSR count). The Morgan fingerprint density at radius 1 is 1.25 bits per heavy atom. The van der Waals surface area contributed by atoms with E-state index in [0.717, 1.165) is 0 Å². The fourth-order valence-electron chi connectivity index (χ4n) is 2.00. The molecule has 2 aromatic rings. The second-order valence-corrected chi connectivity index (χ2v) is 5.85. The molecule has 1 atom stereocenters. The summed E-state index contributed by atoms with van der Waals surface area (Å²) in [5, 5.41) is 14.3. The number of carbonyl (C=O) groups excluding carboxylic acids is 1. The number of ether oxygens (including phenoxy) is 1. The van der Waals surface area contributed by atoms with Crippen molar-refractivity contribution >= 4 is 40.5 Å². The van der Waals surface area contributed by atoms with Crippen LogP contribution in [-0.2, 0) is 4.79 Å². The van der Waals surface area contributed by atoms with Gasteiger partial charge in [0.2, 0.25) is 0 Å². The van der Waals surface area contributed by atoms with Crippen LogP contribution in [0.1, 0.15) is 12.5 Å². The molecule has 2 aromatic carbocycles. The van der Waals surface area contributed by atoms with E-state index in [-0.39, 0.29) is 5.69 Å². The van der Waals surface area contributed by atoms with Crippen LogP contribution in [-0.4, -0.2) is 16.9 Å². The Kier molecular flexibility index (Phi) is 5.64. The minimum absolute atomic E-state index is 0.0640. The maximum Gasteiger partial charge on any atom is 0.274 e. The molecule has 24 heavy (non-hydrogen) atoms. The van der Waals surface area contributed by atoms with Crippen LogP contribution >= 0.6 is 23.2 Å². The Bertz CT molecular complexity index is 796. The first-order valence-electron chi connectivity index (χ1n) is 6.96. The molecule has 0 heterocycles. The number of carbonyl (C=O) groups is 1. The van der Waals surface area contributed by atoms with Crippen molar-refractivity contribution < 1.29 is 14.5 Å². The first kappa shape index (κ1) is 18.0. The lowest BCUT2D eigenvalue weighted by Crippen LogP contribution is -2.30. The van der Waals surface area contributed by atoms with Gasteiger partial charge in [-0.05, 0) is 32.0 Å². The second-order valence-electron chi connectivity index (χ2n) is 5.03. The van der Waals surface area contributed by atoms with E-state index in [0.29, 0.717) is 27.0 Å². The van der Waals surface area contributed by atoms with Crippen molar-refractivity contribution in [2.24, 2.45) is 0 Å². The van der Waals surface area contributed by atoms with Crippen LogP contribution in [0.2, 0.25) is 10.0 Å². The summed E-state index contributed by atoms with van der Waals surface area (Å²) >= 11 is 11.7. The van der Waals surface area contributed by atoms with E-state index in [4.69, 9.17) is 27.9 Å². The highest BCUT2D eigenvalue weighted by Gasteiger charge is 2.19. The van der Waals surface area contributed by atoms with Gasteiger partial charge in [0.1, 0.15) is 5.75 Å². The molecule has 0 aliphatic carbocycles. The highest BCUT2D eigenvalue weighted by Crippen LogP contribution is 2.28. The number of hydrogen-bond donors (Lipinski definition) is 1. The first-order chi connectivity index (χ1) is 11.3. The summed E-state index contributed by atoms with van der Waals surface area (Å²) in [7, 11) is 0. The van der Waals surface area contributed by atoms with Crippen molar-refractivity contribution in [3.8, 4) is 5.75 Å². The van der Waals surface area contributed by atoms with E-state index in [1.165, 1.54) is 18.2 Å². The SMILES string of the molecule is Cc1c(NC(=O)C(C)Oc2ccc(Cl)c(Cl)c2)cccc1[N+](=O)[O-]. The number of nitrogens with one attached hydrogen (secondary N) is 1. The van der Waals surface area contributed by atoms with Crippen molar-refractivity contribution in [1.29, 1.82) is 0 Å². The number of nitro benzene ring substituents is 1. The predicted octanol–water partition coefficient (Wildman–Crippen LogP) is 4.62. The topological polar surface area (TPSA) is 81.5 Å². The molecule has 0 saturated heterocycles. The molecule has 0 saturated carbocycles.